The first kappa shape index (κ1) is 37.5. The maximum absolute atomic E-state index is 11.8. The minimum absolute atomic E-state index is 0.0268. The number of carboxylic acid groups (broad SMARTS) is 1. The number of benzene rings is 4. The first-order chi connectivity index (χ1) is 25.5. The summed E-state index contributed by atoms with van der Waals surface area (Å²) < 4.78 is 12.5. The van der Waals surface area contributed by atoms with E-state index < -0.39 is 24.2 Å². The van der Waals surface area contributed by atoms with Crippen molar-refractivity contribution in [2.75, 3.05) is 13.2 Å². The Bertz CT molecular complexity index is 2200. The third-order valence-corrected chi connectivity index (χ3v) is 10.1. The second kappa shape index (κ2) is 16.2. The molecule has 1 aliphatic heterocycles. The fourth-order valence-electron chi connectivity index (χ4n) is 6.47. The number of pyridine rings is 1. The molecule has 6 rings (SSSR count). The van der Waals surface area contributed by atoms with Gasteiger partial charge < -0.3 is 30.1 Å². The van der Waals surface area contributed by atoms with Gasteiger partial charge in [-0.1, -0.05) is 60.1 Å². The summed E-state index contributed by atoms with van der Waals surface area (Å²) in [6.45, 7) is 6.56. The third kappa shape index (κ3) is 8.20. The maximum atomic E-state index is 11.8. The highest BCUT2D eigenvalue weighted by Gasteiger charge is 2.32. The van der Waals surface area contributed by atoms with Crippen LogP contribution in [0.5, 0.6) is 11.5 Å². The number of halogens is 1. The molecule has 0 fully saturated rings. The number of hydrogen-bond acceptors (Lipinski definition) is 9. The fraction of sp³-hybridized carbons (Fsp3) is 0.262. The van der Waals surface area contributed by atoms with Crippen LogP contribution >= 0.6 is 11.6 Å². The van der Waals surface area contributed by atoms with E-state index in [-0.39, 0.29) is 19.8 Å². The summed E-state index contributed by atoms with van der Waals surface area (Å²) in [6, 6.07) is 25.8. The average Bonchev–Trinajstić information content (AvgIpc) is 3.16. The summed E-state index contributed by atoms with van der Waals surface area (Å²) in [7, 11) is 0. The molecule has 5 aromatic rings. The third-order valence-electron chi connectivity index (χ3n) is 9.81. The number of aliphatic carboxylic acids is 1. The second-order valence-electron chi connectivity index (χ2n) is 13.4. The normalized spacial score (nSPS) is 14.8. The van der Waals surface area contributed by atoms with Gasteiger partial charge in [0.05, 0.1) is 23.3 Å². The molecule has 2 atom stereocenters. The average molecular weight is 733 g/mol. The van der Waals surface area contributed by atoms with Crippen LogP contribution in [-0.4, -0.2) is 45.0 Å². The SMILES string of the molecule is Cc1c(COc2cc(OCc3cncc(C#N)c3)c(CNC(C)(CO)C(=O)O)cc2Cl)cccc1-c1cccc(-c2ccc3c(c2)CNCC3O)c1C. The number of carboxylic acids is 1. The van der Waals surface area contributed by atoms with Crippen LogP contribution in [0.3, 0.4) is 0 Å². The monoisotopic (exact) mass is 732 g/mol. The van der Waals surface area contributed by atoms with Crippen molar-refractivity contribution < 1.29 is 29.6 Å². The zero-order valence-corrected chi connectivity index (χ0v) is 30.5. The number of nitrogens with one attached hydrogen (secondary N) is 2. The number of nitriles is 1. The number of aromatic nitrogens is 1. The van der Waals surface area contributed by atoms with E-state index in [4.69, 9.17) is 21.1 Å². The van der Waals surface area contributed by atoms with E-state index >= 15 is 0 Å². The Morgan fingerprint density at radius 1 is 0.981 bits per heavy atom. The molecule has 0 bridgehead atoms. The Morgan fingerprint density at radius 3 is 2.47 bits per heavy atom. The zero-order valence-electron chi connectivity index (χ0n) is 29.7. The predicted octanol–water partition coefficient (Wildman–Crippen LogP) is 6.78. The number of carbonyl (C=O) groups is 1. The molecule has 53 heavy (non-hydrogen) atoms. The number of hydrogen-bond donors (Lipinski definition) is 5. The zero-order chi connectivity index (χ0) is 37.7. The molecule has 0 saturated carbocycles. The molecule has 0 amide bonds. The highest BCUT2D eigenvalue weighted by Crippen LogP contribution is 2.38. The fourth-order valence-corrected chi connectivity index (χ4v) is 6.71. The molecular weight excluding hydrogens is 692 g/mol. The number of β-amino-alcohol motifs (C(OH)–C–C–N with tert-alkyl or cyclic N) is 1. The van der Waals surface area contributed by atoms with Crippen molar-refractivity contribution in [2.45, 2.75) is 58.7 Å². The van der Waals surface area contributed by atoms with Crippen LogP contribution in [0.25, 0.3) is 22.3 Å². The van der Waals surface area contributed by atoms with Gasteiger partial charge in [0, 0.05) is 49.2 Å². The van der Waals surface area contributed by atoms with Gasteiger partial charge in [-0.3, -0.25) is 15.1 Å². The Kier molecular flexibility index (Phi) is 11.4. The van der Waals surface area contributed by atoms with E-state index in [0.29, 0.717) is 39.8 Å². The van der Waals surface area contributed by atoms with Crippen LogP contribution in [0, 0.1) is 25.2 Å². The Labute approximate surface area is 313 Å². The molecule has 272 valence electrons. The van der Waals surface area contributed by atoms with Crippen molar-refractivity contribution in [3.63, 3.8) is 0 Å². The largest absolute Gasteiger partial charge is 0.488 e. The first-order valence-corrected chi connectivity index (χ1v) is 17.6. The summed E-state index contributed by atoms with van der Waals surface area (Å²) in [5, 5.41) is 45.6. The molecule has 4 aromatic carbocycles. The van der Waals surface area contributed by atoms with E-state index in [1.54, 1.807) is 24.4 Å². The van der Waals surface area contributed by atoms with Gasteiger partial charge in [-0.2, -0.15) is 5.26 Å². The molecule has 1 aliphatic rings. The molecule has 0 saturated heterocycles. The van der Waals surface area contributed by atoms with Gasteiger partial charge in [-0.25, -0.2) is 0 Å². The van der Waals surface area contributed by atoms with E-state index in [1.807, 2.05) is 18.2 Å². The molecule has 1 aromatic heterocycles. The van der Waals surface area contributed by atoms with Gasteiger partial charge in [0.15, 0.2) is 0 Å². The summed E-state index contributed by atoms with van der Waals surface area (Å²) in [6.07, 6.45) is 2.56. The van der Waals surface area contributed by atoms with Crippen molar-refractivity contribution in [3.8, 4) is 39.8 Å². The first-order valence-electron chi connectivity index (χ1n) is 17.2. The lowest BCUT2D eigenvalue weighted by molar-refractivity contribution is -0.145. The van der Waals surface area contributed by atoms with Crippen LogP contribution in [0.2, 0.25) is 5.02 Å². The second-order valence-corrected chi connectivity index (χ2v) is 13.8. The highest BCUT2D eigenvalue weighted by molar-refractivity contribution is 6.32. The van der Waals surface area contributed by atoms with E-state index in [9.17, 15) is 25.4 Å². The molecule has 5 N–H and O–H groups in total. The van der Waals surface area contributed by atoms with Gasteiger partial charge in [0.25, 0.3) is 0 Å². The lowest BCUT2D eigenvalue weighted by Crippen LogP contribution is -2.52. The molecule has 0 spiro atoms. The molecule has 0 radical (unpaired) electrons. The van der Waals surface area contributed by atoms with Gasteiger partial charge in [0.1, 0.15) is 36.3 Å². The number of ether oxygens (including phenoxy) is 2. The number of aliphatic hydroxyl groups excluding tert-OH is 2. The number of aliphatic hydroxyl groups is 2. The number of nitrogens with zero attached hydrogens (tertiary/aromatic N) is 2. The van der Waals surface area contributed by atoms with Crippen molar-refractivity contribution in [1.29, 1.82) is 5.26 Å². The van der Waals surface area contributed by atoms with E-state index in [2.05, 4.69) is 71.9 Å². The molecule has 2 heterocycles. The summed E-state index contributed by atoms with van der Waals surface area (Å²) in [5.41, 5.74) is 9.66. The van der Waals surface area contributed by atoms with E-state index in [0.717, 1.165) is 56.6 Å². The van der Waals surface area contributed by atoms with Gasteiger partial charge in [-0.05, 0) is 89.0 Å². The Hall–Kier alpha value is -5.28. The van der Waals surface area contributed by atoms with Crippen molar-refractivity contribution >= 4 is 17.6 Å². The quantitative estimate of drug-likeness (QED) is 0.0875. The van der Waals surface area contributed by atoms with Gasteiger partial charge >= 0.3 is 5.97 Å². The standard InChI is InChI=1S/C42H41ClN4O6/c1-25-30(6-4-8-34(25)35-9-5-7-33(26(35)2)29-10-11-36-31(13-29)19-46-21-38(36)49)23-53-40-15-39(52-22-28-12-27(16-44)17-45-18-28)32(14-37(40)43)20-47-42(3,24-48)41(50)51/h4-15,17-18,38,46-49H,19-24H2,1-3H3,(H,50,51). The van der Waals surface area contributed by atoms with Crippen LogP contribution in [0.15, 0.2) is 85.2 Å². The van der Waals surface area contributed by atoms with E-state index in [1.165, 1.54) is 13.1 Å². The summed E-state index contributed by atoms with van der Waals surface area (Å²) in [4.78, 5) is 15.9. The van der Waals surface area contributed by atoms with Crippen molar-refractivity contribution in [3.05, 3.63) is 135 Å². The van der Waals surface area contributed by atoms with Crippen LogP contribution in [-0.2, 0) is 31.1 Å². The van der Waals surface area contributed by atoms with Crippen molar-refractivity contribution in [2.24, 2.45) is 0 Å². The van der Waals surface area contributed by atoms with Crippen molar-refractivity contribution in [1.82, 2.24) is 15.6 Å². The molecule has 10 nitrogen and oxygen atoms in total. The van der Waals surface area contributed by atoms with Crippen LogP contribution in [0.4, 0.5) is 0 Å². The van der Waals surface area contributed by atoms with Gasteiger partial charge in [0.2, 0.25) is 0 Å². The lowest BCUT2D eigenvalue weighted by atomic mass is 9.88. The van der Waals surface area contributed by atoms with Gasteiger partial charge in [-0.15, -0.1) is 0 Å². The maximum Gasteiger partial charge on any atom is 0.326 e. The predicted molar refractivity (Wildman–Crippen MR) is 202 cm³/mol. The topological polar surface area (TPSA) is 157 Å². The molecular formula is C42H41ClN4O6. The number of fused-ring (bicyclic) bond motifs is 1. The highest BCUT2D eigenvalue weighted by atomic mass is 35.5. The van der Waals surface area contributed by atoms with Crippen LogP contribution < -0.4 is 20.1 Å². The smallest absolute Gasteiger partial charge is 0.326 e. The number of rotatable bonds is 13. The minimum Gasteiger partial charge on any atom is -0.488 e. The van der Waals surface area contributed by atoms with Crippen LogP contribution in [0.1, 0.15) is 57.5 Å². The lowest BCUT2D eigenvalue weighted by Gasteiger charge is -2.25. The summed E-state index contributed by atoms with van der Waals surface area (Å²) in [5.74, 6) is -0.452. The molecule has 0 aliphatic carbocycles. The molecule has 2 unspecified atom stereocenters. The Balaban J connectivity index is 1.26. The minimum atomic E-state index is -1.59. The summed E-state index contributed by atoms with van der Waals surface area (Å²) >= 11 is 6.75. The Morgan fingerprint density at radius 2 is 1.72 bits per heavy atom. The molecule has 11 heteroatoms.